The largest absolute Gasteiger partial charge is 0.284 e. The Morgan fingerprint density at radius 2 is 2.39 bits per heavy atom. The van der Waals surface area contributed by atoms with Crippen LogP contribution in [0.2, 0.25) is 0 Å². The van der Waals surface area contributed by atoms with Gasteiger partial charge >= 0.3 is 0 Å². The molecule has 5 nitrogen and oxygen atoms in total. The van der Waals surface area contributed by atoms with E-state index in [9.17, 15) is 8.42 Å². The molecule has 1 saturated heterocycles. The lowest BCUT2D eigenvalue weighted by atomic mass is 10.2. The van der Waals surface area contributed by atoms with Gasteiger partial charge in [0.2, 0.25) is 10.0 Å². The van der Waals surface area contributed by atoms with E-state index in [0.29, 0.717) is 6.54 Å². The number of aromatic amines is 1. The summed E-state index contributed by atoms with van der Waals surface area (Å²) < 4.78 is 26.5. The van der Waals surface area contributed by atoms with Crippen LogP contribution in [0.25, 0.3) is 0 Å². The van der Waals surface area contributed by atoms with Gasteiger partial charge in [0.25, 0.3) is 0 Å². The number of H-pyrrole nitrogens is 1. The van der Waals surface area contributed by atoms with Gasteiger partial charge in [-0.3, -0.25) is 5.10 Å². The predicted octanol–water partition coefficient (Wildman–Crippen LogP) is 2.00. The Labute approximate surface area is 110 Å². The zero-order chi connectivity index (χ0) is 12.6. The maximum atomic E-state index is 12.5. The van der Waals surface area contributed by atoms with Crippen molar-refractivity contribution in [1.29, 1.82) is 0 Å². The van der Waals surface area contributed by atoms with Gasteiger partial charge in [0.1, 0.15) is 4.90 Å². The van der Waals surface area contributed by atoms with Gasteiger partial charge in [0.15, 0.2) is 0 Å². The molecular weight excluding hydrogens is 270 g/mol. The van der Waals surface area contributed by atoms with Gasteiger partial charge in [0, 0.05) is 17.6 Å². The Kier molecular flexibility index (Phi) is 2.96. The summed E-state index contributed by atoms with van der Waals surface area (Å²) in [5.41, 5.74) is 0. The highest BCUT2D eigenvalue weighted by Gasteiger charge is 2.36. The third kappa shape index (κ3) is 1.88. The molecule has 2 aromatic rings. The molecule has 1 aliphatic rings. The standard InChI is InChI=1S/C11H13N3O2S2/c15-18(16,9-7-12-13-8-9)14-5-1-3-10(14)11-4-2-6-17-11/h2,4,6-8,10H,1,3,5H2,(H,12,13). The molecule has 0 radical (unpaired) electrons. The summed E-state index contributed by atoms with van der Waals surface area (Å²) in [6, 6.07) is 3.93. The summed E-state index contributed by atoms with van der Waals surface area (Å²) in [4.78, 5) is 1.35. The molecule has 3 heterocycles. The molecule has 2 aromatic heterocycles. The second-order valence-corrected chi connectivity index (χ2v) is 7.09. The number of hydrogen-bond acceptors (Lipinski definition) is 4. The van der Waals surface area contributed by atoms with Gasteiger partial charge in [-0.25, -0.2) is 8.42 Å². The van der Waals surface area contributed by atoms with Crippen molar-refractivity contribution in [3.63, 3.8) is 0 Å². The van der Waals surface area contributed by atoms with Crippen molar-refractivity contribution in [2.45, 2.75) is 23.8 Å². The van der Waals surface area contributed by atoms with Crippen molar-refractivity contribution in [3.8, 4) is 0 Å². The average molecular weight is 283 g/mol. The van der Waals surface area contributed by atoms with Gasteiger partial charge in [0.05, 0.1) is 12.2 Å². The molecule has 1 N–H and O–H groups in total. The zero-order valence-corrected chi connectivity index (χ0v) is 11.2. The maximum Gasteiger partial charge on any atom is 0.246 e. The summed E-state index contributed by atoms with van der Waals surface area (Å²) in [6.45, 7) is 0.579. The van der Waals surface area contributed by atoms with Crippen LogP contribution < -0.4 is 0 Å². The first-order chi connectivity index (χ1) is 8.69. The van der Waals surface area contributed by atoms with E-state index >= 15 is 0 Å². The molecule has 1 fully saturated rings. The molecular formula is C11H13N3O2S2. The number of hydrogen-bond donors (Lipinski definition) is 1. The molecule has 0 spiro atoms. The summed E-state index contributed by atoms with van der Waals surface area (Å²) in [6.07, 6.45) is 4.58. The monoisotopic (exact) mass is 283 g/mol. The summed E-state index contributed by atoms with van der Waals surface area (Å²) in [5, 5.41) is 8.26. The van der Waals surface area contributed by atoms with E-state index in [1.807, 2.05) is 17.5 Å². The lowest BCUT2D eigenvalue weighted by Gasteiger charge is -2.22. The molecule has 0 bridgehead atoms. The van der Waals surface area contributed by atoms with E-state index in [4.69, 9.17) is 0 Å². The van der Waals surface area contributed by atoms with Crippen molar-refractivity contribution < 1.29 is 8.42 Å². The maximum absolute atomic E-state index is 12.5. The molecule has 3 rings (SSSR count). The Morgan fingerprint density at radius 3 is 3.06 bits per heavy atom. The fourth-order valence-electron chi connectivity index (χ4n) is 2.31. The predicted molar refractivity (Wildman–Crippen MR) is 68.8 cm³/mol. The molecule has 1 aliphatic heterocycles. The van der Waals surface area contributed by atoms with Crippen LogP contribution in [0.15, 0.2) is 34.8 Å². The molecule has 0 amide bonds. The summed E-state index contributed by atoms with van der Waals surface area (Å²) >= 11 is 1.61. The molecule has 0 saturated carbocycles. The van der Waals surface area contributed by atoms with E-state index in [1.54, 1.807) is 15.6 Å². The fraction of sp³-hybridized carbons (Fsp3) is 0.364. The topological polar surface area (TPSA) is 66.1 Å². The Balaban J connectivity index is 1.97. The number of nitrogens with one attached hydrogen (secondary N) is 1. The van der Waals surface area contributed by atoms with Crippen LogP contribution in [0.5, 0.6) is 0 Å². The number of thiophene rings is 1. The lowest BCUT2D eigenvalue weighted by molar-refractivity contribution is 0.401. The zero-order valence-electron chi connectivity index (χ0n) is 9.61. The molecule has 1 atom stereocenters. The smallest absolute Gasteiger partial charge is 0.246 e. The third-order valence-corrected chi connectivity index (χ3v) is 6.00. The van der Waals surface area contributed by atoms with Crippen LogP contribution in [0.1, 0.15) is 23.8 Å². The number of sulfonamides is 1. The quantitative estimate of drug-likeness (QED) is 0.937. The lowest BCUT2D eigenvalue weighted by Crippen LogP contribution is -2.30. The SMILES string of the molecule is O=S(=O)(c1cn[nH]c1)N1CCCC1c1cccs1. The van der Waals surface area contributed by atoms with Crippen LogP contribution in [-0.2, 0) is 10.0 Å². The highest BCUT2D eigenvalue weighted by molar-refractivity contribution is 7.89. The highest BCUT2D eigenvalue weighted by atomic mass is 32.2. The normalized spacial score (nSPS) is 21.4. The van der Waals surface area contributed by atoms with Crippen LogP contribution in [-0.4, -0.2) is 29.5 Å². The second-order valence-electron chi connectivity index (χ2n) is 4.22. The fourth-order valence-corrected chi connectivity index (χ4v) is 4.83. The van der Waals surface area contributed by atoms with E-state index in [-0.39, 0.29) is 10.9 Å². The van der Waals surface area contributed by atoms with E-state index < -0.39 is 10.0 Å². The van der Waals surface area contributed by atoms with Crippen molar-refractivity contribution in [2.24, 2.45) is 0 Å². The van der Waals surface area contributed by atoms with Crippen LogP contribution in [0.4, 0.5) is 0 Å². The third-order valence-electron chi connectivity index (χ3n) is 3.16. The Morgan fingerprint density at radius 1 is 1.50 bits per heavy atom. The van der Waals surface area contributed by atoms with Gasteiger partial charge in [-0.15, -0.1) is 11.3 Å². The first-order valence-corrected chi connectivity index (χ1v) is 8.05. The molecule has 0 aliphatic carbocycles. The van der Waals surface area contributed by atoms with Crippen molar-refractivity contribution >= 4 is 21.4 Å². The summed E-state index contributed by atoms with van der Waals surface area (Å²) in [7, 11) is -3.42. The van der Waals surface area contributed by atoms with Crippen molar-refractivity contribution in [2.75, 3.05) is 6.54 Å². The van der Waals surface area contributed by atoms with Crippen LogP contribution >= 0.6 is 11.3 Å². The van der Waals surface area contributed by atoms with Gasteiger partial charge in [-0.1, -0.05) is 6.07 Å². The van der Waals surface area contributed by atoms with Gasteiger partial charge in [-0.05, 0) is 24.3 Å². The molecule has 7 heteroatoms. The van der Waals surface area contributed by atoms with E-state index in [0.717, 1.165) is 17.7 Å². The van der Waals surface area contributed by atoms with E-state index in [1.165, 1.54) is 12.4 Å². The molecule has 18 heavy (non-hydrogen) atoms. The first-order valence-electron chi connectivity index (χ1n) is 5.73. The van der Waals surface area contributed by atoms with Gasteiger partial charge < -0.3 is 0 Å². The van der Waals surface area contributed by atoms with Gasteiger partial charge in [-0.2, -0.15) is 9.40 Å². The molecule has 0 aromatic carbocycles. The minimum atomic E-state index is -3.42. The Bertz CT molecular complexity index is 605. The average Bonchev–Trinajstić information content (AvgIpc) is 3.11. The number of rotatable bonds is 3. The summed E-state index contributed by atoms with van der Waals surface area (Å²) in [5.74, 6) is 0. The van der Waals surface area contributed by atoms with Crippen LogP contribution in [0, 0.1) is 0 Å². The minimum Gasteiger partial charge on any atom is -0.284 e. The number of nitrogens with zero attached hydrogens (tertiary/aromatic N) is 2. The van der Waals surface area contributed by atoms with Crippen molar-refractivity contribution in [3.05, 3.63) is 34.8 Å². The van der Waals surface area contributed by atoms with Crippen LogP contribution in [0.3, 0.4) is 0 Å². The Hall–Kier alpha value is -1.18. The van der Waals surface area contributed by atoms with Crippen molar-refractivity contribution in [1.82, 2.24) is 14.5 Å². The molecule has 96 valence electrons. The van der Waals surface area contributed by atoms with E-state index in [2.05, 4.69) is 10.2 Å². The first kappa shape index (κ1) is 11.9. The molecule has 1 unspecified atom stereocenters. The highest BCUT2D eigenvalue weighted by Crippen LogP contribution is 2.38. The minimum absolute atomic E-state index is 0.0232. The second kappa shape index (κ2) is 4.49. The number of aromatic nitrogens is 2.